The molecule has 1 aliphatic heterocycles. The van der Waals surface area contributed by atoms with Crippen LogP contribution in [-0.4, -0.2) is 46.1 Å². The minimum atomic E-state index is -0.821. The van der Waals surface area contributed by atoms with E-state index in [9.17, 15) is 14.4 Å². The highest BCUT2D eigenvalue weighted by molar-refractivity contribution is 6.30. The van der Waals surface area contributed by atoms with E-state index < -0.39 is 24.1 Å². The number of rotatable bonds is 4. The number of nitrogens with two attached hydrogens (primary N) is 2. The third-order valence-corrected chi connectivity index (χ3v) is 5.76. The van der Waals surface area contributed by atoms with Crippen LogP contribution < -0.4 is 22.1 Å². The van der Waals surface area contributed by atoms with Gasteiger partial charge in [0.25, 0.3) is 0 Å². The van der Waals surface area contributed by atoms with Crippen molar-refractivity contribution in [3.05, 3.63) is 65.3 Å². The molecule has 3 aromatic rings. The van der Waals surface area contributed by atoms with Gasteiger partial charge in [-0.15, -0.1) is 0 Å². The molecule has 0 unspecified atom stereocenters. The number of halogens is 1. The number of aromatic nitrogens is 1. The molecule has 2 atom stereocenters. The molecule has 1 aromatic heterocycles. The molecular formula is C22H23ClN6O3. The Morgan fingerprint density at radius 3 is 2.66 bits per heavy atom. The Labute approximate surface area is 189 Å². The number of para-hydroxylation sites is 1. The van der Waals surface area contributed by atoms with Gasteiger partial charge in [-0.1, -0.05) is 41.9 Å². The van der Waals surface area contributed by atoms with Crippen LogP contribution in [0.1, 0.15) is 12.0 Å². The van der Waals surface area contributed by atoms with Gasteiger partial charge in [0, 0.05) is 35.7 Å². The van der Waals surface area contributed by atoms with Gasteiger partial charge >= 0.3 is 12.1 Å². The van der Waals surface area contributed by atoms with Crippen molar-refractivity contribution in [3.8, 4) is 0 Å². The topological polar surface area (TPSA) is 135 Å². The molecule has 0 saturated carbocycles. The third-order valence-electron chi connectivity index (χ3n) is 5.52. The van der Waals surface area contributed by atoms with E-state index in [-0.39, 0.29) is 12.5 Å². The lowest BCUT2D eigenvalue weighted by molar-refractivity contribution is -0.125. The van der Waals surface area contributed by atoms with Gasteiger partial charge < -0.3 is 27.0 Å². The minimum absolute atomic E-state index is 0.268. The number of urea groups is 1. The number of amides is 4. The van der Waals surface area contributed by atoms with Crippen molar-refractivity contribution in [1.29, 1.82) is 0 Å². The number of fused-ring (bicyclic) bond motifs is 1. The molecule has 0 bridgehead atoms. The number of carbonyl (C=O) groups is 3. The Kier molecular flexibility index (Phi) is 6.02. The van der Waals surface area contributed by atoms with E-state index in [0.29, 0.717) is 34.6 Å². The van der Waals surface area contributed by atoms with Gasteiger partial charge in [-0.2, -0.15) is 0 Å². The molecule has 0 radical (unpaired) electrons. The number of benzene rings is 2. The van der Waals surface area contributed by atoms with E-state index in [4.69, 9.17) is 23.1 Å². The first-order chi connectivity index (χ1) is 15.3. The number of primary amides is 1. The quantitative estimate of drug-likeness (QED) is 0.481. The zero-order valence-electron chi connectivity index (χ0n) is 17.1. The molecule has 9 nitrogen and oxygen atoms in total. The molecule has 1 fully saturated rings. The smallest absolute Gasteiger partial charge is 0.323 e. The second kappa shape index (κ2) is 8.89. The maximum atomic E-state index is 13.1. The number of anilines is 1. The first-order valence-corrected chi connectivity index (χ1v) is 10.5. The molecule has 32 heavy (non-hydrogen) atoms. The monoisotopic (exact) mass is 454 g/mol. The zero-order valence-corrected chi connectivity index (χ0v) is 17.9. The average Bonchev–Trinajstić information content (AvgIpc) is 3.33. The summed E-state index contributed by atoms with van der Waals surface area (Å²) < 4.78 is 1.26. The fraction of sp³-hybridized carbons (Fsp3) is 0.227. The highest BCUT2D eigenvalue weighted by Gasteiger charge is 2.40. The molecule has 4 rings (SSSR count). The van der Waals surface area contributed by atoms with Gasteiger partial charge in [-0.05, 0) is 30.2 Å². The van der Waals surface area contributed by atoms with Crippen LogP contribution in [0.3, 0.4) is 0 Å². The van der Waals surface area contributed by atoms with Crippen LogP contribution in [0.15, 0.2) is 54.7 Å². The molecule has 10 heteroatoms. The van der Waals surface area contributed by atoms with Crippen molar-refractivity contribution >= 4 is 46.2 Å². The van der Waals surface area contributed by atoms with Gasteiger partial charge in [0.1, 0.15) is 6.04 Å². The summed E-state index contributed by atoms with van der Waals surface area (Å²) in [6.45, 7) is 0.598. The summed E-state index contributed by atoms with van der Waals surface area (Å²) in [6.07, 6.45) is 1.96. The van der Waals surface area contributed by atoms with Crippen LogP contribution in [0.5, 0.6) is 0 Å². The Bertz CT molecular complexity index is 1190. The van der Waals surface area contributed by atoms with Crippen LogP contribution in [-0.2, 0) is 11.3 Å². The van der Waals surface area contributed by atoms with Gasteiger partial charge in [0.2, 0.25) is 5.91 Å². The van der Waals surface area contributed by atoms with Crippen molar-refractivity contribution < 1.29 is 14.4 Å². The number of hydrogen-bond acceptors (Lipinski definition) is 4. The van der Waals surface area contributed by atoms with Gasteiger partial charge in [0.05, 0.1) is 11.2 Å². The molecule has 1 saturated heterocycles. The van der Waals surface area contributed by atoms with E-state index in [0.717, 1.165) is 5.56 Å². The van der Waals surface area contributed by atoms with Crippen LogP contribution in [0.4, 0.5) is 15.3 Å². The number of hydrogen-bond donors (Lipinski definition) is 4. The Morgan fingerprint density at radius 1 is 1.12 bits per heavy atom. The second-order valence-electron chi connectivity index (χ2n) is 7.64. The van der Waals surface area contributed by atoms with E-state index in [1.54, 1.807) is 42.5 Å². The Balaban J connectivity index is 1.50. The molecule has 4 amide bonds. The molecule has 0 aliphatic carbocycles. The Morgan fingerprint density at radius 2 is 1.91 bits per heavy atom. The second-order valence-corrected chi connectivity index (χ2v) is 8.07. The number of nitrogens with one attached hydrogen (secondary N) is 2. The van der Waals surface area contributed by atoms with Crippen LogP contribution >= 0.6 is 11.6 Å². The summed E-state index contributed by atoms with van der Waals surface area (Å²) in [5.41, 5.74) is 13.4. The van der Waals surface area contributed by atoms with E-state index in [2.05, 4.69) is 10.6 Å². The lowest BCUT2D eigenvalue weighted by Gasteiger charge is -2.26. The fourth-order valence-electron chi connectivity index (χ4n) is 3.97. The Hall–Kier alpha value is -3.56. The number of nitrogens with zero attached hydrogens (tertiary/aromatic N) is 2. The first-order valence-electron chi connectivity index (χ1n) is 10.1. The normalized spacial score (nSPS) is 18.0. The van der Waals surface area contributed by atoms with E-state index in [1.807, 2.05) is 6.07 Å². The zero-order chi connectivity index (χ0) is 22.8. The SMILES string of the molecule is NC(=O)n1cc(NC(=O)N2CC[C@H](N)[C@H]2C(=O)NCc2cccc(Cl)c2)c2ccccc21. The van der Waals surface area contributed by atoms with Gasteiger partial charge in [-0.3, -0.25) is 9.36 Å². The summed E-state index contributed by atoms with van der Waals surface area (Å²) >= 11 is 5.99. The highest BCUT2D eigenvalue weighted by Crippen LogP contribution is 2.27. The van der Waals surface area contributed by atoms with Gasteiger partial charge in [-0.25, -0.2) is 9.59 Å². The summed E-state index contributed by atoms with van der Waals surface area (Å²) in [5.74, 6) is -0.343. The average molecular weight is 455 g/mol. The summed E-state index contributed by atoms with van der Waals surface area (Å²) in [5, 5.41) is 6.86. The minimum Gasteiger partial charge on any atom is -0.351 e. The van der Waals surface area contributed by atoms with Crippen molar-refractivity contribution in [1.82, 2.24) is 14.8 Å². The maximum Gasteiger partial charge on any atom is 0.323 e. The summed E-state index contributed by atoms with van der Waals surface area (Å²) in [7, 11) is 0. The van der Waals surface area contributed by atoms with E-state index in [1.165, 1.54) is 15.7 Å². The standard InChI is InChI=1S/C22H23ClN6O3/c23-14-5-3-4-13(10-14)11-26-20(30)19-16(24)8-9-28(19)22(32)27-17-12-29(21(25)31)18-7-2-1-6-15(17)18/h1-7,10,12,16,19H,8-9,11,24H2,(H2,25,31)(H,26,30)(H,27,32)/t16-,19-/m0/s1. The van der Waals surface area contributed by atoms with Crippen molar-refractivity contribution in [2.24, 2.45) is 11.5 Å². The third kappa shape index (κ3) is 4.25. The van der Waals surface area contributed by atoms with Crippen LogP contribution in [0.2, 0.25) is 5.02 Å². The molecule has 2 aromatic carbocycles. The predicted octanol–water partition coefficient (Wildman–Crippen LogP) is 2.47. The molecule has 1 aliphatic rings. The van der Waals surface area contributed by atoms with Gasteiger partial charge in [0.15, 0.2) is 0 Å². The molecule has 0 spiro atoms. The van der Waals surface area contributed by atoms with Crippen molar-refractivity contribution in [2.45, 2.75) is 25.0 Å². The number of likely N-dealkylation sites (tertiary alicyclic amines) is 1. The highest BCUT2D eigenvalue weighted by atomic mass is 35.5. The fourth-order valence-corrected chi connectivity index (χ4v) is 4.18. The number of carbonyl (C=O) groups excluding carboxylic acids is 3. The van der Waals surface area contributed by atoms with Crippen molar-refractivity contribution in [3.63, 3.8) is 0 Å². The largest absolute Gasteiger partial charge is 0.351 e. The van der Waals surface area contributed by atoms with Crippen LogP contribution in [0.25, 0.3) is 10.9 Å². The lowest BCUT2D eigenvalue weighted by Crippen LogP contribution is -2.53. The molecule has 2 heterocycles. The summed E-state index contributed by atoms with van der Waals surface area (Å²) in [6, 6.07) is 11.8. The van der Waals surface area contributed by atoms with E-state index >= 15 is 0 Å². The van der Waals surface area contributed by atoms with Crippen molar-refractivity contribution in [2.75, 3.05) is 11.9 Å². The predicted molar refractivity (Wildman–Crippen MR) is 122 cm³/mol. The first kappa shape index (κ1) is 21.7. The lowest BCUT2D eigenvalue weighted by atomic mass is 10.1. The molecular weight excluding hydrogens is 432 g/mol. The summed E-state index contributed by atoms with van der Waals surface area (Å²) in [4.78, 5) is 39.1. The van der Waals surface area contributed by atoms with Crippen LogP contribution in [0, 0.1) is 0 Å². The molecule has 166 valence electrons. The maximum absolute atomic E-state index is 13.1. The molecule has 6 N–H and O–H groups in total.